The molecule has 0 saturated carbocycles. The highest BCUT2D eigenvalue weighted by molar-refractivity contribution is 7.99. The molecule has 36 heavy (non-hydrogen) atoms. The molecule has 0 unspecified atom stereocenters. The smallest absolute Gasteiger partial charge is 0.252 e. The first-order valence-corrected chi connectivity index (χ1v) is 15.8. The first-order chi connectivity index (χ1) is 17.1. The summed E-state index contributed by atoms with van der Waals surface area (Å²) in [5.41, 5.74) is 0.670. The Morgan fingerprint density at radius 3 is 2.28 bits per heavy atom. The first-order valence-electron chi connectivity index (χ1n) is 10.9. The standard InChI is InChI=1S/C23H24FN3O5S4/c1-16-20(15-21(34-16)36(31,32)27-11-13-33-14-12-27)25-23(28)22(17-5-3-2-4-6-17)26-35(29,30)19-9-7-18(24)8-10-19/h2-10,15,22,26H,11-14H2,1H3,(H,25,28)/t22-/m0/s1. The van der Waals surface area contributed by atoms with Gasteiger partial charge in [-0.15, -0.1) is 11.3 Å². The molecule has 2 heterocycles. The quantitative estimate of drug-likeness (QED) is 0.429. The summed E-state index contributed by atoms with van der Waals surface area (Å²) in [7, 11) is -7.88. The highest BCUT2D eigenvalue weighted by Crippen LogP contribution is 2.33. The molecular weight excluding hydrogens is 546 g/mol. The van der Waals surface area contributed by atoms with Gasteiger partial charge < -0.3 is 5.32 Å². The van der Waals surface area contributed by atoms with Crippen molar-refractivity contribution in [3.63, 3.8) is 0 Å². The number of hydrogen-bond acceptors (Lipinski definition) is 7. The number of carbonyl (C=O) groups is 1. The third kappa shape index (κ3) is 5.98. The minimum Gasteiger partial charge on any atom is -0.323 e. The van der Waals surface area contributed by atoms with Gasteiger partial charge in [0.05, 0.1) is 10.6 Å². The molecule has 1 atom stereocenters. The van der Waals surface area contributed by atoms with Crippen molar-refractivity contribution in [3.8, 4) is 0 Å². The number of benzene rings is 2. The van der Waals surface area contributed by atoms with Crippen LogP contribution in [0.5, 0.6) is 0 Å². The van der Waals surface area contributed by atoms with Gasteiger partial charge in [-0.3, -0.25) is 4.79 Å². The SMILES string of the molecule is Cc1sc(S(=O)(=O)N2CCSCC2)cc1NC(=O)[C@@H](NS(=O)(=O)c1ccc(F)cc1)c1ccccc1. The van der Waals surface area contributed by atoms with Crippen LogP contribution in [0.15, 0.2) is 69.8 Å². The fourth-order valence-corrected chi connectivity index (χ4v) is 8.89. The Kier molecular flexibility index (Phi) is 8.17. The molecule has 1 fully saturated rings. The van der Waals surface area contributed by atoms with Crippen molar-refractivity contribution in [2.75, 3.05) is 29.9 Å². The Labute approximate surface area is 218 Å². The molecule has 3 aromatic rings. The van der Waals surface area contributed by atoms with Gasteiger partial charge in [0.25, 0.3) is 10.0 Å². The predicted molar refractivity (Wildman–Crippen MR) is 140 cm³/mol. The maximum atomic E-state index is 13.3. The first kappa shape index (κ1) is 26.8. The van der Waals surface area contributed by atoms with Gasteiger partial charge in [0.1, 0.15) is 16.1 Å². The number of amides is 1. The molecule has 1 aromatic heterocycles. The summed E-state index contributed by atoms with van der Waals surface area (Å²) in [5, 5.41) is 2.68. The van der Waals surface area contributed by atoms with Gasteiger partial charge in [-0.05, 0) is 42.8 Å². The van der Waals surface area contributed by atoms with Gasteiger partial charge in [0.2, 0.25) is 15.9 Å². The van der Waals surface area contributed by atoms with Gasteiger partial charge in [-0.25, -0.2) is 21.2 Å². The van der Waals surface area contributed by atoms with Crippen LogP contribution in [-0.2, 0) is 24.8 Å². The molecule has 0 radical (unpaired) electrons. The number of aryl methyl sites for hydroxylation is 1. The van der Waals surface area contributed by atoms with Crippen LogP contribution in [0.25, 0.3) is 0 Å². The Morgan fingerprint density at radius 2 is 1.64 bits per heavy atom. The highest BCUT2D eigenvalue weighted by Gasteiger charge is 2.31. The Hall–Kier alpha value is -2.29. The molecule has 8 nitrogen and oxygen atoms in total. The molecule has 0 spiro atoms. The zero-order valence-corrected chi connectivity index (χ0v) is 22.4. The molecule has 192 valence electrons. The second kappa shape index (κ2) is 11.0. The number of rotatable bonds is 8. The van der Waals surface area contributed by atoms with E-state index in [-0.39, 0.29) is 14.8 Å². The molecule has 1 aliphatic rings. The molecular formula is C23H24FN3O5S4. The summed E-state index contributed by atoms with van der Waals surface area (Å²) in [6.45, 7) is 2.53. The number of thiophene rings is 1. The van der Waals surface area contributed by atoms with Crippen molar-refractivity contribution in [1.29, 1.82) is 0 Å². The number of anilines is 1. The van der Waals surface area contributed by atoms with E-state index < -0.39 is 37.8 Å². The fourth-order valence-electron chi connectivity index (χ4n) is 3.58. The monoisotopic (exact) mass is 569 g/mol. The minimum absolute atomic E-state index is 0.116. The van der Waals surface area contributed by atoms with E-state index in [4.69, 9.17) is 0 Å². The molecule has 1 aliphatic heterocycles. The number of hydrogen-bond donors (Lipinski definition) is 2. The van der Waals surface area contributed by atoms with Gasteiger partial charge in [-0.2, -0.15) is 20.8 Å². The van der Waals surface area contributed by atoms with Crippen molar-refractivity contribution >= 4 is 54.7 Å². The highest BCUT2D eigenvalue weighted by atomic mass is 32.2. The zero-order valence-electron chi connectivity index (χ0n) is 19.2. The lowest BCUT2D eigenvalue weighted by Gasteiger charge is -2.24. The van der Waals surface area contributed by atoms with Crippen LogP contribution >= 0.6 is 23.1 Å². The zero-order chi connectivity index (χ0) is 25.9. The van der Waals surface area contributed by atoms with Crippen molar-refractivity contribution in [3.05, 3.63) is 76.9 Å². The minimum atomic E-state index is -4.18. The Balaban J connectivity index is 1.60. The van der Waals surface area contributed by atoms with Crippen molar-refractivity contribution in [1.82, 2.24) is 9.03 Å². The summed E-state index contributed by atoms with van der Waals surface area (Å²) in [4.78, 5) is 13.7. The van der Waals surface area contributed by atoms with Gasteiger partial charge in [0, 0.05) is 29.5 Å². The van der Waals surface area contributed by atoms with E-state index in [1.165, 1.54) is 10.4 Å². The average molecular weight is 570 g/mol. The van der Waals surface area contributed by atoms with Crippen LogP contribution in [0.1, 0.15) is 16.5 Å². The van der Waals surface area contributed by atoms with Crippen LogP contribution < -0.4 is 10.0 Å². The van der Waals surface area contributed by atoms with E-state index in [2.05, 4.69) is 10.0 Å². The summed E-state index contributed by atoms with van der Waals surface area (Å²) in [5.74, 6) is 0.166. The second-order valence-corrected chi connectivity index (χ2v) is 14.3. The number of sulfonamides is 2. The second-order valence-electron chi connectivity index (χ2n) is 7.96. The molecule has 0 bridgehead atoms. The lowest BCUT2D eigenvalue weighted by Crippen LogP contribution is -2.37. The van der Waals surface area contributed by atoms with E-state index in [9.17, 15) is 26.0 Å². The number of nitrogens with one attached hydrogen (secondary N) is 2. The Morgan fingerprint density at radius 1 is 1.00 bits per heavy atom. The lowest BCUT2D eigenvalue weighted by molar-refractivity contribution is -0.117. The topological polar surface area (TPSA) is 113 Å². The lowest BCUT2D eigenvalue weighted by atomic mass is 10.1. The number of nitrogens with zero attached hydrogens (tertiary/aromatic N) is 1. The van der Waals surface area contributed by atoms with Crippen molar-refractivity contribution in [2.45, 2.75) is 22.1 Å². The van der Waals surface area contributed by atoms with Gasteiger partial charge in [0.15, 0.2) is 0 Å². The van der Waals surface area contributed by atoms with Gasteiger partial charge >= 0.3 is 0 Å². The van der Waals surface area contributed by atoms with E-state index >= 15 is 0 Å². The third-order valence-corrected chi connectivity index (χ3v) is 11.3. The van der Waals surface area contributed by atoms with E-state index in [0.717, 1.165) is 47.1 Å². The molecule has 1 amide bonds. The molecule has 0 aliphatic carbocycles. The summed E-state index contributed by atoms with van der Waals surface area (Å²) in [6, 6.07) is 12.6. The largest absolute Gasteiger partial charge is 0.323 e. The molecule has 4 rings (SSSR count). The molecule has 13 heteroatoms. The number of halogens is 1. The van der Waals surface area contributed by atoms with Crippen LogP contribution in [0, 0.1) is 12.7 Å². The van der Waals surface area contributed by atoms with Crippen LogP contribution in [-0.4, -0.2) is 51.6 Å². The maximum absolute atomic E-state index is 13.3. The van der Waals surface area contributed by atoms with E-state index in [1.807, 2.05) is 0 Å². The van der Waals surface area contributed by atoms with Crippen molar-refractivity contribution < 1.29 is 26.0 Å². The summed E-state index contributed by atoms with van der Waals surface area (Å²) < 4.78 is 69.3. The molecule has 2 aromatic carbocycles. The van der Waals surface area contributed by atoms with Gasteiger partial charge in [-0.1, -0.05) is 30.3 Å². The van der Waals surface area contributed by atoms with E-state index in [0.29, 0.717) is 23.5 Å². The third-order valence-electron chi connectivity index (χ3n) is 5.51. The summed E-state index contributed by atoms with van der Waals surface area (Å²) >= 11 is 2.75. The predicted octanol–water partition coefficient (Wildman–Crippen LogP) is 3.59. The van der Waals surface area contributed by atoms with Crippen LogP contribution in [0.3, 0.4) is 0 Å². The maximum Gasteiger partial charge on any atom is 0.252 e. The van der Waals surface area contributed by atoms with E-state index in [1.54, 1.807) is 49.0 Å². The molecule has 1 saturated heterocycles. The average Bonchev–Trinajstić information content (AvgIpc) is 3.24. The fraction of sp³-hybridized carbons (Fsp3) is 0.261. The number of thioether (sulfide) groups is 1. The van der Waals surface area contributed by atoms with Crippen LogP contribution in [0.4, 0.5) is 10.1 Å². The number of carbonyl (C=O) groups excluding carboxylic acids is 1. The summed E-state index contributed by atoms with van der Waals surface area (Å²) in [6.07, 6.45) is 0. The Bertz CT molecular complexity index is 1440. The molecule has 2 N–H and O–H groups in total. The normalized spacial score (nSPS) is 15.9. The van der Waals surface area contributed by atoms with Crippen LogP contribution in [0.2, 0.25) is 0 Å². The van der Waals surface area contributed by atoms with Crippen molar-refractivity contribution in [2.24, 2.45) is 0 Å².